The van der Waals surface area contributed by atoms with Crippen molar-refractivity contribution in [1.29, 1.82) is 0 Å². The summed E-state index contributed by atoms with van der Waals surface area (Å²) < 4.78 is 4.80. The van der Waals surface area contributed by atoms with Crippen LogP contribution in [-0.2, 0) is 14.3 Å². The summed E-state index contributed by atoms with van der Waals surface area (Å²) in [5.41, 5.74) is 0. The Bertz CT molecular complexity index is 401. The Morgan fingerprint density at radius 3 is 2.32 bits per heavy atom. The van der Waals surface area contributed by atoms with Gasteiger partial charge >= 0.3 is 5.97 Å². The first-order valence-electron chi connectivity index (χ1n) is 9.97. The third-order valence-corrected chi connectivity index (χ3v) is 5.64. The number of esters is 1. The number of hydrogen-bond acceptors (Lipinski definition) is 4. The van der Waals surface area contributed by atoms with E-state index in [0.717, 1.165) is 31.6 Å². The molecular formula is C20H37NO4. The molecule has 25 heavy (non-hydrogen) atoms. The van der Waals surface area contributed by atoms with Gasteiger partial charge in [-0.3, -0.25) is 9.59 Å². The molecule has 0 saturated heterocycles. The molecule has 1 N–H and O–H groups in total. The summed E-state index contributed by atoms with van der Waals surface area (Å²) in [6.07, 6.45) is 8.55. The van der Waals surface area contributed by atoms with Crippen LogP contribution in [0, 0.1) is 17.8 Å². The van der Waals surface area contributed by atoms with Gasteiger partial charge in [0, 0.05) is 12.5 Å². The summed E-state index contributed by atoms with van der Waals surface area (Å²) in [6.45, 7) is 6.21. The lowest BCUT2D eigenvalue weighted by molar-refractivity contribution is -0.149. The molecule has 2 atom stereocenters. The van der Waals surface area contributed by atoms with Gasteiger partial charge in [0.25, 0.3) is 0 Å². The highest BCUT2D eigenvalue weighted by molar-refractivity contribution is 5.80. The van der Waals surface area contributed by atoms with Gasteiger partial charge in [0.15, 0.2) is 0 Å². The number of carbonyl (C=O) groups is 2. The number of unbranched alkanes of at least 4 members (excludes halogenated alkanes) is 1. The van der Waals surface area contributed by atoms with E-state index >= 15 is 0 Å². The second-order valence-electron chi connectivity index (χ2n) is 7.52. The van der Waals surface area contributed by atoms with E-state index in [1.54, 1.807) is 11.8 Å². The maximum atomic E-state index is 13.1. The fraction of sp³-hybridized carbons (Fsp3) is 0.900. The number of amides is 1. The van der Waals surface area contributed by atoms with Gasteiger partial charge in [0.05, 0.1) is 25.7 Å². The van der Waals surface area contributed by atoms with E-state index in [9.17, 15) is 14.7 Å². The van der Waals surface area contributed by atoms with Gasteiger partial charge in [-0.05, 0) is 38.0 Å². The molecule has 5 nitrogen and oxygen atoms in total. The predicted octanol–water partition coefficient (Wildman–Crippen LogP) is 3.39. The molecule has 0 aliphatic heterocycles. The highest BCUT2D eigenvalue weighted by atomic mass is 16.5. The Morgan fingerprint density at radius 2 is 1.84 bits per heavy atom. The Kier molecular flexibility index (Phi) is 10.1. The topological polar surface area (TPSA) is 66.8 Å². The smallest absolute Gasteiger partial charge is 0.310 e. The van der Waals surface area contributed by atoms with Crippen LogP contribution in [0.4, 0.5) is 0 Å². The number of hydrogen-bond donors (Lipinski definition) is 1. The molecule has 1 rings (SSSR count). The van der Waals surface area contributed by atoms with Crippen LogP contribution in [0.25, 0.3) is 0 Å². The molecule has 0 radical (unpaired) electrons. The normalized spacial score (nSPS) is 22.9. The minimum absolute atomic E-state index is 0.0309. The third kappa shape index (κ3) is 6.61. The van der Waals surface area contributed by atoms with Crippen LogP contribution >= 0.6 is 0 Å². The molecule has 1 saturated carbocycles. The maximum absolute atomic E-state index is 13.1. The van der Waals surface area contributed by atoms with E-state index in [4.69, 9.17) is 4.74 Å². The number of aliphatic hydroxyl groups is 1. The van der Waals surface area contributed by atoms with E-state index in [1.807, 2.05) is 6.92 Å². The number of carbonyl (C=O) groups excluding carboxylic acids is 2. The second kappa shape index (κ2) is 11.5. The van der Waals surface area contributed by atoms with Crippen molar-refractivity contribution in [1.82, 2.24) is 4.90 Å². The van der Waals surface area contributed by atoms with Crippen molar-refractivity contribution in [3.8, 4) is 0 Å². The van der Waals surface area contributed by atoms with Gasteiger partial charge in [-0.25, -0.2) is 0 Å². The minimum Gasteiger partial charge on any atom is -0.469 e. The Hall–Kier alpha value is -1.10. The lowest BCUT2D eigenvalue weighted by atomic mass is 9.79. The fourth-order valence-electron chi connectivity index (χ4n) is 3.86. The molecule has 2 unspecified atom stereocenters. The molecule has 0 aromatic heterocycles. The van der Waals surface area contributed by atoms with Gasteiger partial charge in [-0.2, -0.15) is 0 Å². The van der Waals surface area contributed by atoms with Crippen LogP contribution < -0.4 is 0 Å². The van der Waals surface area contributed by atoms with E-state index in [2.05, 4.69) is 6.92 Å². The number of aliphatic hydroxyl groups excluding tert-OH is 1. The zero-order valence-corrected chi connectivity index (χ0v) is 16.5. The standard InChI is InChI=1S/C20H37NO4/c1-5-7-8-16-9-11-17(12-10-16)19(23)21(18(6-2)14-22)13-15(3)20(24)25-4/h15-18,22H,5-14H2,1-4H3. The summed E-state index contributed by atoms with van der Waals surface area (Å²) in [5, 5.41) is 9.68. The summed E-state index contributed by atoms with van der Waals surface area (Å²) in [6, 6.07) is -0.225. The summed E-state index contributed by atoms with van der Waals surface area (Å²) >= 11 is 0. The second-order valence-corrected chi connectivity index (χ2v) is 7.52. The molecular weight excluding hydrogens is 318 g/mol. The predicted molar refractivity (Wildman–Crippen MR) is 99.0 cm³/mol. The maximum Gasteiger partial charge on any atom is 0.310 e. The van der Waals surface area contributed by atoms with E-state index in [1.165, 1.54) is 26.4 Å². The first-order chi connectivity index (χ1) is 12.0. The molecule has 0 aromatic carbocycles. The van der Waals surface area contributed by atoms with Crippen LogP contribution in [0.1, 0.15) is 72.1 Å². The molecule has 0 aromatic rings. The van der Waals surface area contributed by atoms with Crippen molar-refractivity contribution >= 4 is 11.9 Å². The lowest BCUT2D eigenvalue weighted by Gasteiger charge is -2.36. The average Bonchev–Trinajstić information content (AvgIpc) is 2.65. The van der Waals surface area contributed by atoms with Crippen molar-refractivity contribution in [3.05, 3.63) is 0 Å². The van der Waals surface area contributed by atoms with Crippen molar-refractivity contribution < 1.29 is 19.4 Å². The molecule has 1 amide bonds. The van der Waals surface area contributed by atoms with Crippen LogP contribution in [0.15, 0.2) is 0 Å². The average molecular weight is 356 g/mol. The zero-order chi connectivity index (χ0) is 18.8. The van der Waals surface area contributed by atoms with Gasteiger partial charge in [0.2, 0.25) is 5.91 Å². The quantitative estimate of drug-likeness (QED) is 0.610. The zero-order valence-electron chi connectivity index (χ0n) is 16.5. The van der Waals surface area contributed by atoms with E-state index in [-0.39, 0.29) is 36.4 Å². The van der Waals surface area contributed by atoms with Crippen LogP contribution in [-0.4, -0.2) is 48.2 Å². The molecule has 0 bridgehead atoms. The van der Waals surface area contributed by atoms with Crippen molar-refractivity contribution in [2.45, 2.75) is 78.2 Å². The monoisotopic (exact) mass is 355 g/mol. The third-order valence-electron chi connectivity index (χ3n) is 5.64. The highest BCUT2D eigenvalue weighted by Crippen LogP contribution is 2.33. The number of ether oxygens (including phenoxy) is 1. The molecule has 146 valence electrons. The van der Waals surface area contributed by atoms with Gasteiger partial charge in [0.1, 0.15) is 0 Å². The number of nitrogens with zero attached hydrogens (tertiary/aromatic N) is 1. The first kappa shape index (κ1) is 21.9. The minimum atomic E-state index is -0.379. The molecule has 5 heteroatoms. The molecule has 0 spiro atoms. The summed E-state index contributed by atoms with van der Waals surface area (Å²) in [7, 11) is 1.37. The first-order valence-corrected chi connectivity index (χ1v) is 9.97. The van der Waals surface area contributed by atoms with E-state index < -0.39 is 0 Å². The molecule has 0 heterocycles. The van der Waals surface area contributed by atoms with Gasteiger partial charge in [-0.15, -0.1) is 0 Å². The van der Waals surface area contributed by atoms with Crippen molar-refractivity contribution in [3.63, 3.8) is 0 Å². The summed E-state index contributed by atoms with van der Waals surface area (Å²) in [5.74, 6) is 0.199. The Labute approximate surface area is 153 Å². The highest BCUT2D eigenvalue weighted by Gasteiger charge is 2.33. The SMILES string of the molecule is CCCCC1CCC(C(=O)N(CC(C)C(=O)OC)C(CC)CO)CC1. The number of rotatable bonds is 10. The molecule has 1 aliphatic rings. The largest absolute Gasteiger partial charge is 0.469 e. The van der Waals surface area contributed by atoms with Crippen LogP contribution in [0.5, 0.6) is 0 Å². The van der Waals surface area contributed by atoms with E-state index in [0.29, 0.717) is 13.0 Å². The number of methoxy groups -OCH3 is 1. The van der Waals surface area contributed by atoms with Crippen LogP contribution in [0.3, 0.4) is 0 Å². The Balaban J connectivity index is 2.71. The lowest BCUT2D eigenvalue weighted by Crippen LogP contribution is -2.48. The Morgan fingerprint density at radius 1 is 1.20 bits per heavy atom. The fourth-order valence-corrected chi connectivity index (χ4v) is 3.86. The van der Waals surface area contributed by atoms with Crippen molar-refractivity contribution in [2.75, 3.05) is 20.3 Å². The summed E-state index contributed by atoms with van der Waals surface area (Å²) in [4.78, 5) is 26.6. The van der Waals surface area contributed by atoms with Crippen LogP contribution in [0.2, 0.25) is 0 Å². The van der Waals surface area contributed by atoms with Gasteiger partial charge < -0.3 is 14.7 Å². The molecule has 1 aliphatic carbocycles. The van der Waals surface area contributed by atoms with Gasteiger partial charge in [-0.1, -0.05) is 40.0 Å². The molecule has 1 fully saturated rings. The van der Waals surface area contributed by atoms with Crippen molar-refractivity contribution in [2.24, 2.45) is 17.8 Å².